The summed E-state index contributed by atoms with van der Waals surface area (Å²) in [6.07, 6.45) is 0.858. The minimum absolute atomic E-state index is 0.164. The van der Waals surface area contributed by atoms with Crippen molar-refractivity contribution in [1.29, 1.82) is 0 Å². The molecule has 0 heteroatoms. The molecule has 0 bridgehead atoms. The van der Waals surface area contributed by atoms with E-state index < -0.39 is 55.9 Å². The molecular weight excluding hydrogens is 649 g/mol. The van der Waals surface area contributed by atoms with E-state index in [1.165, 1.54) is 58.3 Å². The average Bonchev–Trinajstić information content (AvgIpc) is 3.19. The first-order chi connectivity index (χ1) is 30.4. The molecule has 0 radical (unpaired) electrons. The van der Waals surface area contributed by atoms with Crippen LogP contribution >= 0.6 is 0 Å². The lowest BCUT2D eigenvalue weighted by Crippen LogP contribution is -2.02. The molecule has 6 atom stereocenters. The highest BCUT2D eigenvalue weighted by Crippen LogP contribution is 2.20. The topological polar surface area (TPSA) is 0 Å². The van der Waals surface area contributed by atoms with Crippen molar-refractivity contribution in [2.24, 2.45) is 70.9 Å². The van der Waals surface area contributed by atoms with Gasteiger partial charge in [0.25, 0.3) is 0 Å². The second-order valence-electron chi connectivity index (χ2n) is 17.7. The van der Waals surface area contributed by atoms with E-state index in [0.717, 1.165) is 37.0 Å². The van der Waals surface area contributed by atoms with E-state index in [4.69, 9.17) is 20.6 Å². The first-order valence-electron chi connectivity index (χ1n) is 30.4. The highest BCUT2D eigenvalue weighted by atomic mass is 14.1. The van der Waals surface area contributed by atoms with Crippen molar-refractivity contribution in [2.75, 3.05) is 0 Å². The van der Waals surface area contributed by atoms with Crippen LogP contribution in [0.15, 0.2) is 0 Å². The van der Waals surface area contributed by atoms with E-state index >= 15 is 0 Å². The van der Waals surface area contributed by atoms with Crippen molar-refractivity contribution in [3.8, 4) is 0 Å². The van der Waals surface area contributed by atoms with Crippen molar-refractivity contribution >= 4 is 0 Å². The van der Waals surface area contributed by atoms with Gasteiger partial charge in [-0.25, -0.2) is 0 Å². The summed E-state index contributed by atoms with van der Waals surface area (Å²) < 4.78 is 115. The molecule has 0 aromatic rings. The standard InChI is InChI=1S/6C9H20/c6*1-5-6-7-9(4)8(2)3/h6*8-9H,5-7H2,1-4H3/i5D2,6D2,7D2,9D;6D2,7D2;5D2,9D;9D;;. The number of hydrogen-bond acceptors (Lipinski definition) is 0. The molecule has 0 spiro atoms. The largest absolute Gasteiger partial charge is 0.0654 e. The fourth-order valence-electron chi connectivity index (χ4n) is 3.81. The Labute approximate surface area is 372 Å². The first-order valence-corrected chi connectivity index (χ1v) is 22.9. The molecule has 0 aliphatic carbocycles. The minimum atomic E-state index is -2.72. The number of hydrogen-bond donors (Lipinski definition) is 0. The Kier molecular flexibility index (Phi) is 34.8. The Bertz CT molecular complexity index is 1190. The molecule has 0 fully saturated rings. The zero-order chi connectivity index (χ0) is 57.2. The Morgan fingerprint density at radius 1 is 0.315 bits per heavy atom. The van der Waals surface area contributed by atoms with Crippen LogP contribution in [-0.4, -0.2) is 0 Å². The molecule has 0 aromatic carbocycles. The molecule has 0 amide bonds. The maximum atomic E-state index is 7.94. The van der Waals surface area contributed by atoms with Gasteiger partial charge in [-0.3, -0.25) is 0 Å². The van der Waals surface area contributed by atoms with E-state index in [1.54, 1.807) is 34.6 Å². The van der Waals surface area contributed by atoms with Crippen molar-refractivity contribution in [3.05, 3.63) is 0 Å². The van der Waals surface area contributed by atoms with Gasteiger partial charge in [-0.15, -0.1) is 0 Å². The van der Waals surface area contributed by atoms with Gasteiger partial charge in [-0.1, -0.05) is 281 Å². The van der Waals surface area contributed by atoms with E-state index in [2.05, 4.69) is 76.2 Å². The molecule has 0 nitrogen and oxygen atoms in total. The van der Waals surface area contributed by atoms with Gasteiger partial charge in [0.2, 0.25) is 0 Å². The van der Waals surface area contributed by atoms with E-state index in [9.17, 15) is 0 Å². The Balaban J connectivity index is -0.000000175. The van der Waals surface area contributed by atoms with E-state index in [1.807, 2.05) is 41.5 Å². The number of unbranched alkanes of at least 4 members (excludes halogenated alkanes) is 3. The zero-order valence-corrected chi connectivity index (χ0v) is 42.2. The summed E-state index contributed by atoms with van der Waals surface area (Å²) in [5.41, 5.74) is 0. The lowest BCUT2D eigenvalue weighted by Gasteiger charge is -2.13. The molecule has 0 saturated carbocycles. The predicted molar refractivity (Wildman–Crippen MR) is 261 cm³/mol. The van der Waals surface area contributed by atoms with Crippen LogP contribution in [-0.2, 0) is 0 Å². The zero-order valence-electron chi connectivity index (χ0n) is 57.2. The summed E-state index contributed by atoms with van der Waals surface area (Å²) in [6.45, 7) is 47.3. The lowest BCUT2D eigenvalue weighted by molar-refractivity contribution is 0.381. The lowest BCUT2D eigenvalue weighted by atomic mass is 9.93. The normalized spacial score (nSPS) is 21.8. The molecule has 54 heavy (non-hydrogen) atoms. The van der Waals surface area contributed by atoms with Gasteiger partial charge in [0, 0.05) is 20.6 Å². The van der Waals surface area contributed by atoms with Crippen LogP contribution in [0, 0.1) is 70.9 Å². The third-order valence-electron chi connectivity index (χ3n) is 10.7. The Hall–Kier alpha value is 0. The molecule has 336 valence electrons. The fourth-order valence-corrected chi connectivity index (χ4v) is 3.81. The summed E-state index contributed by atoms with van der Waals surface area (Å²) in [5.74, 6) is 1.47. The van der Waals surface area contributed by atoms with Crippen LogP contribution in [0.2, 0.25) is 0 Å². The van der Waals surface area contributed by atoms with Crippen LogP contribution in [0.3, 0.4) is 0 Å². The molecule has 0 saturated heterocycles. The SMILES string of the molecule is CCCCC(C)C(C)C.CCCCC(C)C(C)C.[2H]C(C)(CCCC)C(C)C.[2H]C([2H])(C)C([2H])([2H])C([2H])([2H])C([2H])(C)C(C)C.[2H]C([2H])(C)CCC([2H])(C)C(C)C.[2H]C([2H])(CC)C([2H])([2H])C(C)C(C)C. The third kappa shape index (κ3) is 58.7. The van der Waals surface area contributed by atoms with Gasteiger partial charge in [0.15, 0.2) is 0 Å². The van der Waals surface area contributed by atoms with Crippen LogP contribution in [0.4, 0.5) is 0 Å². The van der Waals surface area contributed by atoms with Crippen molar-refractivity contribution in [2.45, 2.75) is 281 Å². The van der Waals surface area contributed by atoms with Gasteiger partial charge in [0.05, 0.1) is 0 Å². The van der Waals surface area contributed by atoms with Gasteiger partial charge < -0.3 is 0 Å². The summed E-state index contributed by atoms with van der Waals surface area (Å²) in [6, 6.07) is 0. The van der Waals surface area contributed by atoms with Crippen LogP contribution in [0.25, 0.3) is 0 Å². The van der Waals surface area contributed by atoms with Crippen LogP contribution in [0.5, 0.6) is 0 Å². The molecule has 0 heterocycles. The molecule has 0 N–H and O–H groups in total. The van der Waals surface area contributed by atoms with Gasteiger partial charge >= 0.3 is 0 Å². The summed E-state index contributed by atoms with van der Waals surface area (Å²) in [7, 11) is 0. The smallest absolute Gasteiger partial charge is 0.0302 e. The van der Waals surface area contributed by atoms with Gasteiger partial charge in [-0.05, 0) is 70.9 Å². The second-order valence-corrected chi connectivity index (χ2v) is 17.7. The molecule has 0 aromatic heterocycles. The molecule has 0 aliphatic heterocycles. The van der Waals surface area contributed by atoms with E-state index in [-0.39, 0.29) is 24.2 Å². The predicted octanol–water partition coefficient (Wildman–Crippen LogP) is 20.8. The maximum absolute atomic E-state index is 7.94. The Morgan fingerprint density at radius 3 is 0.907 bits per heavy atom. The van der Waals surface area contributed by atoms with Crippen LogP contribution in [0.1, 0.15) is 302 Å². The summed E-state index contributed by atoms with van der Waals surface area (Å²) in [4.78, 5) is 0. The molecule has 0 aliphatic rings. The average molecular weight is 785 g/mol. The highest BCUT2D eigenvalue weighted by Gasteiger charge is 2.08. The maximum Gasteiger partial charge on any atom is 0.0302 e. The summed E-state index contributed by atoms with van der Waals surface area (Å²) >= 11 is 0. The quantitative estimate of drug-likeness (QED) is 0.0915. The van der Waals surface area contributed by atoms with Crippen molar-refractivity contribution in [1.82, 2.24) is 0 Å². The highest BCUT2D eigenvalue weighted by molar-refractivity contribution is 4.59. The second kappa shape index (κ2) is 49.1. The van der Waals surface area contributed by atoms with E-state index in [0.29, 0.717) is 24.7 Å². The monoisotopic (exact) mass is 784 g/mol. The molecular formula is C54H120. The third-order valence-corrected chi connectivity index (χ3v) is 10.7. The molecule has 0 rings (SSSR count). The number of rotatable bonds is 24. The van der Waals surface area contributed by atoms with Crippen LogP contribution < -0.4 is 0 Å². The molecule has 6 unspecified atom stereocenters. The summed E-state index contributed by atoms with van der Waals surface area (Å²) in [5, 5.41) is 0. The minimum Gasteiger partial charge on any atom is -0.0654 e. The van der Waals surface area contributed by atoms with Gasteiger partial charge in [0.1, 0.15) is 0 Å². The Morgan fingerprint density at radius 2 is 0.648 bits per heavy atom. The fraction of sp³-hybridized carbons (Fsp3) is 1.00. The van der Waals surface area contributed by atoms with Crippen molar-refractivity contribution < 1.29 is 20.6 Å². The first kappa shape index (κ1) is 38.2. The van der Waals surface area contributed by atoms with Gasteiger partial charge in [-0.2, -0.15) is 0 Å². The van der Waals surface area contributed by atoms with Crippen molar-refractivity contribution in [3.63, 3.8) is 0 Å².